The maximum atomic E-state index is 10.8. The number of rotatable bonds is 4. The Labute approximate surface area is 109 Å². The van der Waals surface area contributed by atoms with Gasteiger partial charge >= 0.3 is 5.97 Å². The minimum atomic E-state index is -0.962. The van der Waals surface area contributed by atoms with Gasteiger partial charge in [-0.25, -0.2) is 4.79 Å². The van der Waals surface area contributed by atoms with Crippen molar-refractivity contribution in [2.75, 3.05) is 18.5 Å². The first-order valence-electron chi connectivity index (χ1n) is 5.09. The van der Waals surface area contributed by atoms with Crippen molar-refractivity contribution >= 4 is 27.6 Å². The summed E-state index contributed by atoms with van der Waals surface area (Å²) in [6, 6.07) is 7.19. The first kappa shape index (κ1) is 13.5. The van der Waals surface area contributed by atoms with E-state index in [0.717, 1.165) is 5.69 Å². The van der Waals surface area contributed by atoms with Crippen molar-refractivity contribution in [2.45, 2.75) is 6.92 Å². The Balaban J connectivity index is 2.90. The third-order valence-electron chi connectivity index (χ3n) is 2.39. The van der Waals surface area contributed by atoms with Crippen LogP contribution in [-0.2, 0) is 0 Å². The van der Waals surface area contributed by atoms with E-state index in [9.17, 15) is 4.79 Å². The van der Waals surface area contributed by atoms with E-state index < -0.39 is 5.97 Å². The molecule has 0 aromatic heterocycles. The molecule has 0 saturated heterocycles. The summed E-state index contributed by atoms with van der Waals surface area (Å²) in [6.07, 6.45) is 0. The van der Waals surface area contributed by atoms with Crippen LogP contribution in [0.15, 0.2) is 22.7 Å². The van der Waals surface area contributed by atoms with E-state index in [1.54, 1.807) is 18.2 Å². The highest BCUT2D eigenvalue weighted by molar-refractivity contribution is 9.10. The van der Waals surface area contributed by atoms with Crippen molar-refractivity contribution in [3.05, 3.63) is 28.2 Å². The van der Waals surface area contributed by atoms with Crippen LogP contribution >= 0.6 is 15.9 Å². The second-order valence-electron chi connectivity index (χ2n) is 3.88. The molecule has 0 aliphatic rings. The van der Waals surface area contributed by atoms with Gasteiger partial charge in [-0.05, 0) is 41.1 Å². The summed E-state index contributed by atoms with van der Waals surface area (Å²) in [5.41, 5.74) is 1.11. The van der Waals surface area contributed by atoms with Gasteiger partial charge in [-0.1, -0.05) is 0 Å². The average molecular weight is 297 g/mol. The summed E-state index contributed by atoms with van der Waals surface area (Å²) in [4.78, 5) is 12.8. The summed E-state index contributed by atoms with van der Waals surface area (Å²) in [5.74, 6) is -1.03. The second-order valence-corrected chi connectivity index (χ2v) is 4.73. The molecule has 0 fully saturated rings. The standard InChI is InChI=1S/C12H13BrN2O2/c1-8(6-14)7-15(2)9-3-4-10(12(16)17)11(13)5-9/h3-5,8H,7H2,1-2H3,(H,16,17). The average Bonchev–Trinajstić information content (AvgIpc) is 2.28. The summed E-state index contributed by atoms with van der Waals surface area (Å²) in [6.45, 7) is 2.45. The van der Waals surface area contributed by atoms with Crippen LogP contribution in [0.3, 0.4) is 0 Å². The van der Waals surface area contributed by atoms with Crippen LogP contribution in [-0.4, -0.2) is 24.7 Å². The molecule has 1 atom stereocenters. The molecule has 1 rings (SSSR count). The first-order valence-corrected chi connectivity index (χ1v) is 5.88. The van der Waals surface area contributed by atoms with Crippen molar-refractivity contribution in [3.8, 4) is 6.07 Å². The Kier molecular flexibility index (Phi) is 4.53. The van der Waals surface area contributed by atoms with Gasteiger partial charge in [-0.15, -0.1) is 0 Å². The molecule has 4 nitrogen and oxygen atoms in total. The number of hydrogen-bond acceptors (Lipinski definition) is 3. The van der Waals surface area contributed by atoms with Gasteiger partial charge in [0.05, 0.1) is 17.6 Å². The van der Waals surface area contributed by atoms with Crippen LogP contribution in [0.25, 0.3) is 0 Å². The van der Waals surface area contributed by atoms with Gasteiger partial charge in [0.1, 0.15) is 0 Å². The van der Waals surface area contributed by atoms with E-state index in [-0.39, 0.29) is 11.5 Å². The summed E-state index contributed by atoms with van der Waals surface area (Å²) in [5, 5.41) is 17.6. The summed E-state index contributed by atoms with van der Waals surface area (Å²) < 4.78 is 0.541. The Bertz CT molecular complexity index is 468. The first-order chi connectivity index (χ1) is 7.95. The van der Waals surface area contributed by atoms with Crippen molar-refractivity contribution < 1.29 is 9.90 Å². The maximum Gasteiger partial charge on any atom is 0.336 e. The van der Waals surface area contributed by atoms with Gasteiger partial charge in [0, 0.05) is 23.8 Å². The highest BCUT2D eigenvalue weighted by atomic mass is 79.9. The highest BCUT2D eigenvalue weighted by Crippen LogP contribution is 2.24. The molecule has 1 aromatic rings. The van der Waals surface area contributed by atoms with E-state index in [2.05, 4.69) is 22.0 Å². The third-order valence-corrected chi connectivity index (χ3v) is 3.05. The topological polar surface area (TPSA) is 64.3 Å². The molecular weight excluding hydrogens is 284 g/mol. The number of anilines is 1. The van der Waals surface area contributed by atoms with E-state index in [1.165, 1.54) is 0 Å². The molecule has 0 saturated carbocycles. The Morgan fingerprint density at radius 2 is 2.29 bits per heavy atom. The number of carboxylic acid groups (broad SMARTS) is 1. The fraction of sp³-hybridized carbons (Fsp3) is 0.333. The predicted molar refractivity (Wildman–Crippen MR) is 69.1 cm³/mol. The minimum absolute atomic E-state index is 0.0714. The molecule has 0 aliphatic carbocycles. The fourth-order valence-electron chi connectivity index (χ4n) is 1.47. The monoisotopic (exact) mass is 296 g/mol. The lowest BCUT2D eigenvalue weighted by Gasteiger charge is -2.21. The van der Waals surface area contributed by atoms with Gasteiger partial charge < -0.3 is 10.0 Å². The smallest absolute Gasteiger partial charge is 0.336 e. The molecule has 0 amide bonds. The normalized spacial score (nSPS) is 11.6. The van der Waals surface area contributed by atoms with E-state index in [0.29, 0.717) is 11.0 Å². The molecule has 0 spiro atoms. The third kappa shape index (κ3) is 3.46. The largest absolute Gasteiger partial charge is 0.478 e. The molecule has 1 unspecified atom stereocenters. The molecule has 0 aliphatic heterocycles. The predicted octanol–water partition coefficient (Wildman–Crippen LogP) is 2.74. The van der Waals surface area contributed by atoms with Gasteiger partial charge in [0.15, 0.2) is 0 Å². The second kappa shape index (κ2) is 5.69. The van der Waals surface area contributed by atoms with Crippen LogP contribution in [0.2, 0.25) is 0 Å². The summed E-state index contributed by atoms with van der Waals surface area (Å²) >= 11 is 3.23. The molecule has 1 N–H and O–H groups in total. The molecule has 1 aromatic carbocycles. The van der Waals surface area contributed by atoms with Crippen LogP contribution in [0, 0.1) is 17.2 Å². The summed E-state index contributed by atoms with van der Waals surface area (Å²) in [7, 11) is 1.87. The lowest BCUT2D eigenvalue weighted by Crippen LogP contribution is -2.23. The number of nitrogens with zero attached hydrogens (tertiary/aromatic N) is 2. The lowest BCUT2D eigenvalue weighted by molar-refractivity contribution is 0.0696. The van der Waals surface area contributed by atoms with E-state index in [1.807, 2.05) is 18.9 Å². The van der Waals surface area contributed by atoms with Crippen molar-refractivity contribution in [3.63, 3.8) is 0 Å². The number of carboxylic acids is 1. The Morgan fingerprint density at radius 1 is 1.65 bits per heavy atom. The number of halogens is 1. The lowest BCUT2D eigenvalue weighted by atomic mass is 10.1. The van der Waals surface area contributed by atoms with Crippen LogP contribution in [0.5, 0.6) is 0 Å². The fourth-order valence-corrected chi connectivity index (χ4v) is 2.01. The van der Waals surface area contributed by atoms with Gasteiger partial charge in [0.2, 0.25) is 0 Å². The van der Waals surface area contributed by atoms with E-state index >= 15 is 0 Å². The number of hydrogen-bond donors (Lipinski definition) is 1. The molecule has 90 valence electrons. The number of carbonyl (C=O) groups is 1. The van der Waals surface area contributed by atoms with Crippen LogP contribution < -0.4 is 4.90 Å². The van der Waals surface area contributed by atoms with Gasteiger partial charge in [-0.3, -0.25) is 0 Å². The molecule has 0 bridgehead atoms. The van der Waals surface area contributed by atoms with Crippen LogP contribution in [0.1, 0.15) is 17.3 Å². The number of benzene rings is 1. The number of nitriles is 1. The zero-order valence-corrected chi connectivity index (χ0v) is 11.2. The van der Waals surface area contributed by atoms with Gasteiger partial charge in [0.25, 0.3) is 0 Å². The molecular formula is C12H13BrN2O2. The zero-order chi connectivity index (χ0) is 13.0. The van der Waals surface area contributed by atoms with Crippen LogP contribution in [0.4, 0.5) is 5.69 Å². The molecule has 17 heavy (non-hydrogen) atoms. The van der Waals surface area contributed by atoms with E-state index in [4.69, 9.17) is 10.4 Å². The van der Waals surface area contributed by atoms with Crippen molar-refractivity contribution in [1.82, 2.24) is 0 Å². The quantitative estimate of drug-likeness (QED) is 0.928. The SMILES string of the molecule is CC(C#N)CN(C)c1ccc(C(=O)O)c(Br)c1. The number of aromatic carboxylic acids is 1. The zero-order valence-electron chi connectivity index (χ0n) is 9.64. The van der Waals surface area contributed by atoms with Crippen molar-refractivity contribution in [2.24, 2.45) is 5.92 Å². The highest BCUT2D eigenvalue weighted by Gasteiger charge is 2.11. The van der Waals surface area contributed by atoms with Crippen molar-refractivity contribution in [1.29, 1.82) is 5.26 Å². The Morgan fingerprint density at radius 3 is 2.76 bits per heavy atom. The molecule has 5 heteroatoms. The maximum absolute atomic E-state index is 10.8. The molecule has 0 heterocycles. The van der Waals surface area contributed by atoms with Gasteiger partial charge in [-0.2, -0.15) is 5.26 Å². The minimum Gasteiger partial charge on any atom is -0.478 e. The Hall–Kier alpha value is -1.54. The molecule has 0 radical (unpaired) electrons.